The Hall–Kier alpha value is -2.88. The van der Waals surface area contributed by atoms with Gasteiger partial charge in [0, 0.05) is 37.7 Å². The minimum atomic E-state index is -4.59. The van der Waals surface area contributed by atoms with Crippen molar-refractivity contribution in [1.82, 2.24) is 4.57 Å². The van der Waals surface area contributed by atoms with Crippen molar-refractivity contribution in [1.29, 1.82) is 0 Å². The molecule has 35 heavy (non-hydrogen) atoms. The zero-order valence-electron chi connectivity index (χ0n) is 18.0. The second-order valence-electron chi connectivity index (χ2n) is 8.51. The number of nitrogens with zero attached hydrogens (tertiary/aromatic N) is 1. The lowest BCUT2D eigenvalue weighted by molar-refractivity contribution is -0.137. The molecule has 0 fully saturated rings. The molecule has 0 atom stereocenters. The molecule has 0 bridgehead atoms. The summed E-state index contributed by atoms with van der Waals surface area (Å²) in [4.78, 5) is 26.0. The van der Waals surface area contributed by atoms with E-state index in [0.29, 0.717) is 38.8 Å². The molecule has 0 amide bonds. The molecule has 3 heterocycles. The van der Waals surface area contributed by atoms with Gasteiger partial charge in [0.25, 0.3) is 5.56 Å². The lowest BCUT2D eigenvalue weighted by Crippen LogP contribution is -2.24. The fourth-order valence-corrected chi connectivity index (χ4v) is 5.98. The molecular weight excluding hydrogens is 526 g/mol. The van der Waals surface area contributed by atoms with Crippen LogP contribution in [0.4, 0.5) is 13.2 Å². The monoisotopic (exact) mass is 539 g/mol. The number of alkyl halides is 3. The molecule has 0 saturated heterocycles. The quantitative estimate of drug-likeness (QED) is 0.304. The fraction of sp³-hybridized carbons (Fsp3) is 0.167. The molecule has 1 N–H and O–H groups in total. The first kappa shape index (κ1) is 23.8. The van der Waals surface area contributed by atoms with Gasteiger partial charge in [-0.2, -0.15) is 13.2 Å². The van der Waals surface area contributed by atoms with Gasteiger partial charge >= 0.3 is 11.8 Å². The summed E-state index contributed by atoms with van der Waals surface area (Å²) in [5.74, 6) is -0.682. The van der Waals surface area contributed by atoms with E-state index < -0.39 is 39.0 Å². The molecule has 5 nitrogen and oxygen atoms in total. The third-order valence-electron chi connectivity index (χ3n) is 5.93. The summed E-state index contributed by atoms with van der Waals surface area (Å²) >= 11 is 13.2. The Morgan fingerprint density at radius 2 is 1.80 bits per heavy atom. The van der Waals surface area contributed by atoms with E-state index in [2.05, 4.69) is 0 Å². The Balaban J connectivity index is 1.75. The van der Waals surface area contributed by atoms with Crippen LogP contribution in [0.15, 0.2) is 66.3 Å². The standard InChI is InChI=1S/C24H14Cl2F3NO4S/c1-23(2)16-9-15-17(21(32)30(16)14-8-11(25)7-13(26)18(14)23)19(31)20(22(33)34-15)35-12-5-3-4-10(6-12)24(27,28)29/h3-9,31H,1-2H3. The van der Waals surface area contributed by atoms with Crippen molar-refractivity contribution in [3.63, 3.8) is 0 Å². The van der Waals surface area contributed by atoms with Gasteiger partial charge in [-0.3, -0.25) is 9.36 Å². The van der Waals surface area contributed by atoms with Crippen molar-refractivity contribution in [3.8, 4) is 11.4 Å². The van der Waals surface area contributed by atoms with Crippen LogP contribution in [0.1, 0.15) is 30.7 Å². The maximum atomic E-state index is 13.6. The number of benzene rings is 2. The highest BCUT2D eigenvalue weighted by atomic mass is 35.5. The maximum Gasteiger partial charge on any atom is 0.416 e. The van der Waals surface area contributed by atoms with Crippen molar-refractivity contribution in [2.24, 2.45) is 0 Å². The molecular formula is C24H14Cl2F3NO4S. The highest BCUT2D eigenvalue weighted by molar-refractivity contribution is 7.99. The van der Waals surface area contributed by atoms with Crippen LogP contribution in [0.3, 0.4) is 0 Å². The van der Waals surface area contributed by atoms with Crippen molar-refractivity contribution in [2.75, 3.05) is 0 Å². The van der Waals surface area contributed by atoms with Crippen molar-refractivity contribution in [3.05, 3.63) is 90.1 Å². The van der Waals surface area contributed by atoms with E-state index in [-0.39, 0.29) is 15.9 Å². The molecule has 0 unspecified atom stereocenters. The van der Waals surface area contributed by atoms with E-state index in [4.69, 9.17) is 27.6 Å². The maximum absolute atomic E-state index is 13.6. The molecule has 0 radical (unpaired) electrons. The number of rotatable bonds is 2. The number of fused-ring (bicyclic) bond motifs is 4. The van der Waals surface area contributed by atoms with Crippen LogP contribution in [0.25, 0.3) is 16.7 Å². The van der Waals surface area contributed by atoms with E-state index in [1.54, 1.807) is 12.1 Å². The van der Waals surface area contributed by atoms with Gasteiger partial charge in [0.2, 0.25) is 0 Å². The lowest BCUT2D eigenvalue weighted by atomic mass is 9.83. The average molecular weight is 540 g/mol. The summed E-state index contributed by atoms with van der Waals surface area (Å²) in [6.45, 7) is 3.68. The molecule has 0 aliphatic carbocycles. The van der Waals surface area contributed by atoms with Crippen molar-refractivity contribution < 1.29 is 22.7 Å². The highest BCUT2D eigenvalue weighted by Gasteiger charge is 2.40. The molecule has 2 aromatic heterocycles. The number of aromatic hydroxyl groups is 1. The van der Waals surface area contributed by atoms with E-state index in [0.717, 1.165) is 12.1 Å². The lowest BCUT2D eigenvalue weighted by Gasteiger charge is -2.21. The first-order valence-electron chi connectivity index (χ1n) is 10.1. The van der Waals surface area contributed by atoms with E-state index in [9.17, 15) is 27.9 Å². The van der Waals surface area contributed by atoms with Crippen LogP contribution in [0.2, 0.25) is 10.0 Å². The molecule has 0 spiro atoms. The number of aromatic nitrogens is 1. The van der Waals surface area contributed by atoms with Crippen LogP contribution in [0.5, 0.6) is 5.75 Å². The third kappa shape index (κ3) is 3.64. The minimum absolute atomic E-state index is 0.0353. The summed E-state index contributed by atoms with van der Waals surface area (Å²) in [5.41, 5.74) is -1.98. The summed E-state index contributed by atoms with van der Waals surface area (Å²) in [6.07, 6.45) is -4.59. The highest BCUT2D eigenvalue weighted by Crippen LogP contribution is 2.47. The zero-order chi connectivity index (χ0) is 25.4. The van der Waals surface area contributed by atoms with Gasteiger partial charge in [-0.1, -0.05) is 54.9 Å². The third-order valence-corrected chi connectivity index (χ3v) is 7.50. The molecule has 11 heteroatoms. The van der Waals surface area contributed by atoms with Crippen LogP contribution in [-0.4, -0.2) is 9.67 Å². The number of hydrogen-bond acceptors (Lipinski definition) is 5. The van der Waals surface area contributed by atoms with Crippen LogP contribution in [-0.2, 0) is 11.6 Å². The van der Waals surface area contributed by atoms with E-state index in [1.807, 2.05) is 13.8 Å². The Morgan fingerprint density at radius 1 is 1.09 bits per heavy atom. The smallest absolute Gasteiger partial charge is 0.416 e. The van der Waals surface area contributed by atoms with Gasteiger partial charge in [0.15, 0.2) is 5.75 Å². The Kier molecular flexibility index (Phi) is 5.32. The SMILES string of the molecule is CC1(C)c2c(Cl)cc(Cl)cc2-n2c1cc1oc(=O)c(Sc3cccc(C(F)(F)F)c3)c(O)c1c2=O. The summed E-state index contributed by atoms with van der Waals surface area (Å²) < 4.78 is 46.0. The van der Waals surface area contributed by atoms with Crippen LogP contribution >= 0.6 is 35.0 Å². The molecule has 5 rings (SSSR count). The summed E-state index contributed by atoms with van der Waals surface area (Å²) in [7, 11) is 0. The second kappa shape index (κ2) is 7.81. The average Bonchev–Trinajstić information content (AvgIpc) is 2.97. The van der Waals surface area contributed by atoms with Gasteiger partial charge in [-0.25, -0.2) is 4.79 Å². The predicted molar refractivity (Wildman–Crippen MR) is 127 cm³/mol. The van der Waals surface area contributed by atoms with Gasteiger partial charge < -0.3 is 9.52 Å². The summed E-state index contributed by atoms with van der Waals surface area (Å²) in [5, 5.41) is 11.3. The van der Waals surface area contributed by atoms with Crippen LogP contribution in [0, 0.1) is 0 Å². The zero-order valence-corrected chi connectivity index (χ0v) is 20.3. The largest absolute Gasteiger partial charge is 0.505 e. The number of halogens is 5. The van der Waals surface area contributed by atoms with Crippen molar-refractivity contribution in [2.45, 2.75) is 35.2 Å². The topological polar surface area (TPSA) is 72.4 Å². The number of pyridine rings is 1. The molecule has 4 aromatic rings. The van der Waals surface area contributed by atoms with Gasteiger partial charge in [-0.05, 0) is 30.3 Å². The first-order valence-corrected chi connectivity index (χ1v) is 11.7. The Bertz CT molecular complexity index is 1680. The van der Waals surface area contributed by atoms with E-state index >= 15 is 0 Å². The molecule has 0 saturated carbocycles. The first-order chi connectivity index (χ1) is 16.3. The number of hydrogen-bond donors (Lipinski definition) is 1. The van der Waals surface area contributed by atoms with Gasteiger partial charge in [-0.15, -0.1) is 0 Å². The second-order valence-corrected chi connectivity index (χ2v) is 10.4. The van der Waals surface area contributed by atoms with Gasteiger partial charge in [0.1, 0.15) is 15.9 Å². The fourth-order valence-electron chi connectivity index (χ4n) is 4.37. The predicted octanol–water partition coefficient (Wildman–Crippen LogP) is 6.77. The molecule has 1 aliphatic heterocycles. The minimum Gasteiger partial charge on any atom is -0.505 e. The van der Waals surface area contributed by atoms with Crippen molar-refractivity contribution >= 4 is 45.9 Å². The van der Waals surface area contributed by atoms with E-state index in [1.165, 1.54) is 22.8 Å². The molecule has 2 aromatic carbocycles. The molecule has 1 aliphatic rings. The Morgan fingerprint density at radius 3 is 2.49 bits per heavy atom. The van der Waals surface area contributed by atoms with Gasteiger partial charge in [0.05, 0.1) is 11.3 Å². The Labute approximate surface area is 209 Å². The molecule has 180 valence electrons. The normalized spacial score (nSPS) is 14.3. The summed E-state index contributed by atoms with van der Waals surface area (Å²) in [6, 6.07) is 8.86. The van der Waals surface area contributed by atoms with Crippen LogP contribution < -0.4 is 11.2 Å².